The van der Waals surface area contributed by atoms with Crippen molar-refractivity contribution in [2.75, 3.05) is 13.2 Å². The zero-order valence-electron chi connectivity index (χ0n) is 10.3. The van der Waals surface area contributed by atoms with E-state index in [0.717, 1.165) is 29.7 Å². The van der Waals surface area contributed by atoms with E-state index in [4.69, 9.17) is 26.8 Å². The fraction of sp³-hybridized carbons (Fsp3) is 0.538. The molecule has 0 aliphatic carbocycles. The van der Waals surface area contributed by atoms with E-state index < -0.39 is 0 Å². The number of ether oxygens (including phenoxy) is 2. The molecule has 94 valence electrons. The van der Waals surface area contributed by atoms with Crippen LogP contribution < -0.4 is 15.2 Å². The summed E-state index contributed by atoms with van der Waals surface area (Å²) in [6.45, 7) is 5.34. The third-order valence-corrected chi connectivity index (χ3v) is 3.15. The van der Waals surface area contributed by atoms with Crippen molar-refractivity contribution in [1.29, 1.82) is 0 Å². The molecule has 0 spiro atoms. The number of halogens is 1. The molecule has 2 rings (SSSR count). The van der Waals surface area contributed by atoms with Gasteiger partial charge in [0.1, 0.15) is 0 Å². The van der Waals surface area contributed by atoms with Gasteiger partial charge in [-0.2, -0.15) is 0 Å². The van der Waals surface area contributed by atoms with Crippen LogP contribution in [0, 0.1) is 6.92 Å². The lowest BCUT2D eigenvalue weighted by Gasteiger charge is -2.16. The van der Waals surface area contributed by atoms with Gasteiger partial charge in [-0.05, 0) is 37.5 Å². The summed E-state index contributed by atoms with van der Waals surface area (Å²) < 4.78 is 11.4. The molecule has 17 heavy (non-hydrogen) atoms. The topological polar surface area (TPSA) is 44.5 Å². The Labute approximate surface area is 107 Å². The number of fused-ring (bicyclic) bond motifs is 1. The first-order valence-corrected chi connectivity index (χ1v) is 6.30. The molecule has 0 saturated carbocycles. The zero-order valence-corrected chi connectivity index (χ0v) is 11.0. The van der Waals surface area contributed by atoms with Crippen LogP contribution >= 0.6 is 11.6 Å². The van der Waals surface area contributed by atoms with Crippen LogP contribution in [0.1, 0.15) is 24.5 Å². The highest BCUT2D eigenvalue weighted by Crippen LogP contribution is 2.41. The summed E-state index contributed by atoms with van der Waals surface area (Å²) in [7, 11) is 0. The van der Waals surface area contributed by atoms with Crippen LogP contribution in [0.5, 0.6) is 11.5 Å². The Morgan fingerprint density at radius 2 is 2.00 bits per heavy atom. The van der Waals surface area contributed by atoms with Gasteiger partial charge in [0.05, 0.1) is 18.2 Å². The van der Waals surface area contributed by atoms with Gasteiger partial charge in [-0.25, -0.2) is 0 Å². The Kier molecular flexibility index (Phi) is 3.79. The summed E-state index contributed by atoms with van der Waals surface area (Å²) >= 11 is 6.23. The van der Waals surface area contributed by atoms with Gasteiger partial charge >= 0.3 is 0 Å². The molecule has 1 aromatic rings. The maximum Gasteiger partial charge on any atom is 0.180 e. The minimum atomic E-state index is 0.106. The standard InChI is InChI=1S/C13H18ClNO2/c1-8(15)6-10-7-11(14)13-12(9(10)2)16-4-3-5-17-13/h7-8H,3-6,15H2,1-2H3. The minimum absolute atomic E-state index is 0.106. The molecule has 0 radical (unpaired) electrons. The van der Waals surface area contributed by atoms with Gasteiger partial charge in [-0.15, -0.1) is 0 Å². The lowest BCUT2D eigenvalue weighted by Crippen LogP contribution is -2.18. The molecular formula is C13H18ClNO2. The van der Waals surface area contributed by atoms with Crippen molar-refractivity contribution in [2.45, 2.75) is 32.7 Å². The quantitative estimate of drug-likeness (QED) is 0.884. The van der Waals surface area contributed by atoms with Gasteiger partial charge in [0.2, 0.25) is 0 Å². The highest BCUT2D eigenvalue weighted by Gasteiger charge is 2.19. The lowest BCUT2D eigenvalue weighted by atomic mass is 10.0. The van der Waals surface area contributed by atoms with Crippen LogP contribution in [0.4, 0.5) is 0 Å². The van der Waals surface area contributed by atoms with Crippen LogP contribution in [0.25, 0.3) is 0 Å². The van der Waals surface area contributed by atoms with E-state index in [1.807, 2.05) is 19.9 Å². The molecule has 3 nitrogen and oxygen atoms in total. The van der Waals surface area contributed by atoms with Crippen LogP contribution in [0.3, 0.4) is 0 Å². The molecule has 1 aromatic carbocycles. The molecule has 1 heterocycles. The minimum Gasteiger partial charge on any atom is -0.489 e. The Balaban J connectivity index is 2.45. The maximum atomic E-state index is 6.23. The number of hydrogen-bond donors (Lipinski definition) is 1. The largest absolute Gasteiger partial charge is 0.489 e. The fourth-order valence-electron chi connectivity index (χ4n) is 2.03. The molecule has 1 aliphatic rings. The van der Waals surface area contributed by atoms with E-state index in [2.05, 4.69) is 0 Å². The van der Waals surface area contributed by atoms with Crippen molar-refractivity contribution < 1.29 is 9.47 Å². The van der Waals surface area contributed by atoms with Crippen molar-refractivity contribution >= 4 is 11.6 Å². The van der Waals surface area contributed by atoms with E-state index in [1.54, 1.807) is 0 Å². The van der Waals surface area contributed by atoms with Gasteiger partial charge < -0.3 is 15.2 Å². The molecule has 1 atom stereocenters. The molecular weight excluding hydrogens is 238 g/mol. The van der Waals surface area contributed by atoms with Gasteiger partial charge in [0, 0.05) is 12.5 Å². The smallest absolute Gasteiger partial charge is 0.180 e. The van der Waals surface area contributed by atoms with E-state index in [-0.39, 0.29) is 6.04 Å². The normalized spacial score (nSPS) is 16.5. The molecule has 4 heteroatoms. The van der Waals surface area contributed by atoms with Crippen molar-refractivity contribution in [1.82, 2.24) is 0 Å². The van der Waals surface area contributed by atoms with Crippen molar-refractivity contribution in [2.24, 2.45) is 5.73 Å². The number of rotatable bonds is 2. The van der Waals surface area contributed by atoms with Gasteiger partial charge in [0.15, 0.2) is 11.5 Å². The second kappa shape index (κ2) is 5.15. The molecule has 0 saturated heterocycles. The molecule has 0 bridgehead atoms. The van der Waals surface area contributed by atoms with Gasteiger partial charge in [0.25, 0.3) is 0 Å². The van der Waals surface area contributed by atoms with Crippen molar-refractivity contribution in [3.63, 3.8) is 0 Å². The predicted molar refractivity (Wildman–Crippen MR) is 69.1 cm³/mol. The zero-order chi connectivity index (χ0) is 12.4. The summed E-state index contributed by atoms with van der Waals surface area (Å²) in [5, 5.41) is 0.614. The second-order valence-corrected chi connectivity index (χ2v) is 4.94. The third kappa shape index (κ3) is 2.67. The summed E-state index contributed by atoms with van der Waals surface area (Å²) in [4.78, 5) is 0. The monoisotopic (exact) mass is 255 g/mol. The summed E-state index contributed by atoms with van der Waals surface area (Å²) in [6, 6.07) is 2.04. The van der Waals surface area contributed by atoms with E-state index in [0.29, 0.717) is 24.0 Å². The van der Waals surface area contributed by atoms with Crippen molar-refractivity contribution in [3.05, 3.63) is 22.2 Å². The average molecular weight is 256 g/mol. The first-order chi connectivity index (χ1) is 8.09. The van der Waals surface area contributed by atoms with Gasteiger partial charge in [-0.1, -0.05) is 11.6 Å². The fourth-order valence-corrected chi connectivity index (χ4v) is 2.30. The van der Waals surface area contributed by atoms with E-state index in [9.17, 15) is 0 Å². The molecule has 0 aromatic heterocycles. The summed E-state index contributed by atoms with van der Waals surface area (Å²) in [6.07, 6.45) is 1.68. The van der Waals surface area contributed by atoms with Crippen molar-refractivity contribution in [3.8, 4) is 11.5 Å². The second-order valence-electron chi connectivity index (χ2n) is 4.53. The van der Waals surface area contributed by atoms with E-state index in [1.165, 1.54) is 0 Å². The lowest BCUT2D eigenvalue weighted by molar-refractivity contribution is 0.296. The van der Waals surface area contributed by atoms with E-state index >= 15 is 0 Å². The van der Waals surface area contributed by atoms with Crippen LogP contribution in [-0.4, -0.2) is 19.3 Å². The highest BCUT2D eigenvalue weighted by atomic mass is 35.5. The summed E-state index contributed by atoms with van der Waals surface area (Å²) in [5.74, 6) is 1.46. The SMILES string of the molecule is Cc1c(CC(C)N)cc(Cl)c2c1OCCCO2. The van der Waals surface area contributed by atoms with Crippen LogP contribution in [-0.2, 0) is 6.42 Å². The highest BCUT2D eigenvalue weighted by molar-refractivity contribution is 6.32. The molecule has 1 aliphatic heterocycles. The Morgan fingerprint density at radius 3 is 2.65 bits per heavy atom. The summed E-state index contributed by atoms with van der Waals surface area (Å²) in [5.41, 5.74) is 8.06. The van der Waals surface area contributed by atoms with Crippen LogP contribution in [0.15, 0.2) is 6.07 Å². The molecule has 0 amide bonds. The first kappa shape index (κ1) is 12.5. The Hall–Kier alpha value is -0.930. The molecule has 0 fully saturated rings. The third-order valence-electron chi connectivity index (χ3n) is 2.87. The number of hydrogen-bond acceptors (Lipinski definition) is 3. The number of benzene rings is 1. The average Bonchev–Trinajstić information content (AvgIpc) is 2.50. The predicted octanol–water partition coefficient (Wildman–Crippen LogP) is 2.70. The first-order valence-electron chi connectivity index (χ1n) is 5.92. The van der Waals surface area contributed by atoms with Crippen LogP contribution in [0.2, 0.25) is 5.02 Å². The maximum absolute atomic E-state index is 6.23. The molecule has 1 unspecified atom stereocenters. The molecule has 2 N–H and O–H groups in total. The van der Waals surface area contributed by atoms with Gasteiger partial charge in [-0.3, -0.25) is 0 Å². The Bertz CT molecular complexity index is 418. The number of nitrogens with two attached hydrogens (primary N) is 1. The Morgan fingerprint density at radius 1 is 1.35 bits per heavy atom.